The summed E-state index contributed by atoms with van der Waals surface area (Å²) in [6.45, 7) is 0. The molecule has 2 rings (SSSR count). The van der Waals surface area contributed by atoms with Gasteiger partial charge in [-0.2, -0.15) is 0 Å². The molecule has 0 spiro atoms. The number of hydrogen-bond acceptors (Lipinski definition) is 1. The Balaban J connectivity index is 2.13. The zero-order chi connectivity index (χ0) is 6.97. The van der Waals surface area contributed by atoms with E-state index in [-0.39, 0.29) is 0 Å². The molecule has 2 nitrogen and oxygen atoms in total. The van der Waals surface area contributed by atoms with Gasteiger partial charge >= 0.3 is 0 Å². The summed E-state index contributed by atoms with van der Waals surface area (Å²) in [5, 5.41) is 0. The second-order valence-electron chi connectivity index (χ2n) is 3.37. The van der Waals surface area contributed by atoms with Crippen LogP contribution >= 0.6 is 0 Å². The minimum absolute atomic E-state index is 0.608. The van der Waals surface area contributed by atoms with Gasteiger partial charge in [0.1, 0.15) is 0 Å². The first-order chi connectivity index (χ1) is 4.92. The van der Waals surface area contributed by atoms with Gasteiger partial charge in [-0.1, -0.05) is 0 Å². The smallest absolute Gasteiger partial charge is 0.210 e. The van der Waals surface area contributed by atoms with E-state index in [0.29, 0.717) is 12.1 Å². The van der Waals surface area contributed by atoms with E-state index >= 15 is 0 Å². The molecule has 2 fully saturated rings. The van der Waals surface area contributed by atoms with Crippen molar-refractivity contribution < 1.29 is 4.79 Å². The van der Waals surface area contributed by atoms with Crippen molar-refractivity contribution in [3.63, 3.8) is 0 Å². The van der Waals surface area contributed by atoms with Crippen LogP contribution in [0.3, 0.4) is 0 Å². The van der Waals surface area contributed by atoms with E-state index in [0.717, 1.165) is 6.41 Å². The topological polar surface area (TPSA) is 20.3 Å². The molecule has 2 bridgehead atoms. The average molecular weight is 139 g/mol. The fourth-order valence-corrected chi connectivity index (χ4v) is 2.33. The molecule has 2 heteroatoms. The Morgan fingerprint density at radius 2 is 1.70 bits per heavy atom. The van der Waals surface area contributed by atoms with E-state index in [1.54, 1.807) is 0 Å². The van der Waals surface area contributed by atoms with Crippen LogP contribution in [-0.4, -0.2) is 23.4 Å². The summed E-state index contributed by atoms with van der Waals surface area (Å²) in [4.78, 5) is 12.6. The molecule has 2 saturated heterocycles. The maximum atomic E-state index is 10.5. The van der Waals surface area contributed by atoms with E-state index in [1.165, 1.54) is 32.1 Å². The fourth-order valence-electron chi connectivity index (χ4n) is 2.33. The van der Waals surface area contributed by atoms with Gasteiger partial charge in [-0.05, 0) is 32.1 Å². The zero-order valence-electron chi connectivity index (χ0n) is 6.12. The quantitative estimate of drug-likeness (QED) is 0.499. The van der Waals surface area contributed by atoms with Gasteiger partial charge in [0.25, 0.3) is 0 Å². The number of rotatable bonds is 1. The second-order valence-corrected chi connectivity index (χ2v) is 3.37. The molecule has 0 aromatic heterocycles. The maximum absolute atomic E-state index is 10.5. The monoisotopic (exact) mass is 139 g/mol. The van der Waals surface area contributed by atoms with Gasteiger partial charge in [0.05, 0.1) is 0 Å². The molecule has 1 amide bonds. The van der Waals surface area contributed by atoms with E-state index < -0.39 is 0 Å². The van der Waals surface area contributed by atoms with Crippen LogP contribution in [0.25, 0.3) is 0 Å². The molecule has 0 aromatic carbocycles. The third-order valence-electron chi connectivity index (χ3n) is 2.87. The molecule has 2 heterocycles. The Kier molecular flexibility index (Phi) is 1.40. The van der Waals surface area contributed by atoms with Gasteiger partial charge < -0.3 is 4.90 Å². The van der Waals surface area contributed by atoms with Gasteiger partial charge in [-0.15, -0.1) is 0 Å². The molecular weight excluding hydrogens is 126 g/mol. The Labute approximate surface area is 61.2 Å². The molecule has 0 N–H and O–H groups in total. The lowest BCUT2D eigenvalue weighted by Gasteiger charge is -2.30. The highest BCUT2D eigenvalue weighted by molar-refractivity contribution is 5.49. The van der Waals surface area contributed by atoms with Gasteiger partial charge in [-0.25, -0.2) is 0 Å². The van der Waals surface area contributed by atoms with Crippen LogP contribution in [0, 0.1) is 0 Å². The molecule has 0 aromatic rings. The highest BCUT2D eigenvalue weighted by atomic mass is 16.1. The Morgan fingerprint density at radius 1 is 1.10 bits per heavy atom. The predicted octanol–water partition coefficient (Wildman–Crippen LogP) is 1.16. The molecule has 0 saturated carbocycles. The normalized spacial score (nSPS) is 38.2. The van der Waals surface area contributed by atoms with Crippen LogP contribution in [0.2, 0.25) is 0 Å². The summed E-state index contributed by atoms with van der Waals surface area (Å²) in [5.41, 5.74) is 0. The first-order valence-corrected chi connectivity index (χ1v) is 4.14. The molecule has 10 heavy (non-hydrogen) atoms. The summed E-state index contributed by atoms with van der Waals surface area (Å²) in [6, 6.07) is 1.22. The summed E-state index contributed by atoms with van der Waals surface area (Å²) < 4.78 is 0. The molecule has 0 unspecified atom stereocenters. The van der Waals surface area contributed by atoms with Crippen molar-refractivity contribution in [2.45, 2.75) is 44.2 Å². The lowest BCUT2D eigenvalue weighted by molar-refractivity contribution is -0.121. The predicted molar refractivity (Wildman–Crippen MR) is 38.6 cm³/mol. The summed E-state index contributed by atoms with van der Waals surface area (Å²) in [6.07, 6.45) is 7.37. The van der Waals surface area contributed by atoms with Crippen LogP contribution in [0.4, 0.5) is 0 Å². The van der Waals surface area contributed by atoms with Crippen molar-refractivity contribution in [1.29, 1.82) is 0 Å². The van der Waals surface area contributed by atoms with E-state index in [2.05, 4.69) is 0 Å². The molecule has 2 atom stereocenters. The molecule has 56 valence electrons. The minimum atomic E-state index is 0.608. The van der Waals surface area contributed by atoms with Crippen LogP contribution in [0.1, 0.15) is 32.1 Å². The Hall–Kier alpha value is -0.530. The largest absolute Gasteiger partial charge is 0.339 e. The average Bonchev–Trinajstić information content (AvgIpc) is 2.19. The second kappa shape index (κ2) is 2.26. The third kappa shape index (κ3) is 0.746. The van der Waals surface area contributed by atoms with Crippen molar-refractivity contribution in [2.24, 2.45) is 0 Å². The molecule has 0 aliphatic carbocycles. The minimum Gasteiger partial charge on any atom is -0.339 e. The molecule has 0 radical (unpaired) electrons. The summed E-state index contributed by atoms with van der Waals surface area (Å²) in [7, 11) is 0. The first kappa shape index (κ1) is 6.20. The van der Waals surface area contributed by atoms with Crippen molar-refractivity contribution >= 4 is 6.41 Å². The van der Waals surface area contributed by atoms with Crippen molar-refractivity contribution in [3.05, 3.63) is 0 Å². The standard InChI is InChI=1S/C8H13NO/c10-6-9-7-2-1-3-8(9)5-4-7/h6-8H,1-5H2/t7-,8+. The number of nitrogens with zero attached hydrogens (tertiary/aromatic N) is 1. The molecule has 2 aliphatic heterocycles. The van der Waals surface area contributed by atoms with Gasteiger partial charge in [0.15, 0.2) is 0 Å². The fraction of sp³-hybridized carbons (Fsp3) is 0.875. The first-order valence-electron chi connectivity index (χ1n) is 4.14. The highest BCUT2D eigenvalue weighted by Crippen LogP contribution is 2.33. The highest BCUT2D eigenvalue weighted by Gasteiger charge is 2.34. The van der Waals surface area contributed by atoms with Crippen LogP contribution in [0.15, 0.2) is 0 Å². The number of amides is 1. The van der Waals surface area contributed by atoms with E-state index in [1.807, 2.05) is 4.90 Å². The maximum Gasteiger partial charge on any atom is 0.210 e. The van der Waals surface area contributed by atoms with Gasteiger partial charge in [0, 0.05) is 12.1 Å². The Bertz CT molecular complexity index is 130. The van der Waals surface area contributed by atoms with Crippen LogP contribution in [-0.2, 0) is 4.79 Å². The number of carbonyl (C=O) groups excluding carboxylic acids is 1. The lowest BCUT2D eigenvalue weighted by Crippen LogP contribution is -2.38. The third-order valence-corrected chi connectivity index (χ3v) is 2.87. The van der Waals surface area contributed by atoms with Crippen molar-refractivity contribution in [1.82, 2.24) is 4.90 Å². The number of carbonyl (C=O) groups is 1. The molecular formula is C8H13NO. The molecule has 2 aliphatic rings. The number of hydrogen-bond donors (Lipinski definition) is 0. The van der Waals surface area contributed by atoms with Gasteiger partial charge in [-0.3, -0.25) is 4.79 Å². The van der Waals surface area contributed by atoms with Crippen molar-refractivity contribution in [2.75, 3.05) is 0 Å². The van der Waals surface area contributed by atoms with E-state index in [9.17, 15) is 4.79 Å². The van der Waals surface area contributed by atoms with Crippen LogP contribution in [0.5, 0.6) is 0 Å². The summed E-state index contributed by atoms with van der Waals surface area (Å²) >= 11 is 0. The van der Waals surface area contributed by atoms with Crippen molar-refractivity contribution in [3.8, 4) is 0 Å². The number of fused-ring (bicyclic) bond motifs is 2. The lowest BCUT2D eigenvalue weighted by atomic mass is 10.0. The number of piperidine rings is 1. The van der Waals surface area contributed by atoms with E-state index in [4.69, 9.17) is 0 Å². The van der Waals surface area contributed by atoms with Crippen LogP contribution < -0.4 is 0 Å². The Morgan fingerprint density at radius 3 is 2.10 bits per heavy atom. The SMILES string of the molecule is O=CN1[C@@H]2CCC[C@H]1CC2. The summed E-state index contributed by atoms with van der Waals surface area (Å²) in [5.74, 6) is 0. The van der Waals surface area contributed by atoms with Gasteiger partial charge in [0.2, 0.25) is 6.41 Å². The zero-order valence-corrected chi connectivity index (χ0v) is 6.12.